The van der Waals surface area contributed by atoms with Gasteiger partial charge in [0, 0.05) is 12.6 Å². The Morgan fingerprint density at radius 3 is 1.64 bits per heavy atom. The normalized spacial score (nSPS) is 13.0. The molecule has 0 fully saturated rings. The van der Waals surface area contributed by atoms with Crippen molar-refractivity contribution in [2.75, 3.05) is 27.2 Å². The van der Waals surface area contributed by atoms with Gasteiger partial charge in [0.2, 0.25) is 0 Å². The summed E-state index contributed by atoms with van der Waals surface area (Å²) in [5.74, 6) is 0. The van der Waals surface area contributed by atoms with Gasteiger partial charge in [-0.25, -0.2) is 0 Å². The Hall–Kier alpha value is -1.64. The van der Waals surface area contributed by atoms with Gasteiger partial charge in [-0.1, -0.05) is 67.6 Å². The second kappa shape index (κ2) is 8.11. The standard InChI is InChI=1S/C20H28N2/c1-5-22(16-17(2)21(3)4)20(18-12-8-6-9-13-18)19-14-10-7-11-15-19/h6-15,17,20H,5,16H2,1-4H3. The lowest BCUT2D eigenvalue weighted by molar-refractivity contribution is 0.170. The maximum absolute atomic E-state index is 2.56. The molecule has 0 heterocycles. The van der Waals surface area contributed by atoms with Crippen LogP contribution in [0.25, 0.3) is 0 Å². The highest BCUT2D eigenvalue weighted by molar-refractivity contribution is 5.31. The molecule has 2 rings (SSSR count). The molecule has 0 saturated heterocycles. The second-order valence-electron chi connectivity index (χ2n) is 6.12. The molecule has 22 heavy (non-hydrogen) atoms. The van der Waals surface area contributed by atoms with Crippen molar-refractivity contribution in [1.82, 2.24) is 9.80 Å². The predicted molar refractivity (Wildman–Crippen MR) is 95.1 cm³/mol. The SMILES string of the molecule is CCN(CC(C)N(C)C)C(c1ccccc1)c1ccccc1. The van der Waals surface area contributed by atoms with Crippen LogP contribution in [-0.4, -0.2) is 43.0 Å². The summed E-state index contributed by atoms with van der Waals surface area (Å²) in [7, 11) is 4.30. The topological polar surface area (TPSA) is 6.48 Å². The zero-order valence-electron chi connectivity index (χ0n) is 14.2. The summed E-state index contributed by atoms with van der Waals surface area (Å²) in [5.41, 5.74) is 2.73. The van der Waals surface area contributed by atoms with Gasteiger partial charge < -0.3 is 4.90 Å². The molecule has 0 radical (unpaired) electrons. The molecule has 2 heteroatoms. The van der Waals surface area contributed by atoms with Crippen LogP contribution in [0.2, 0.25) is 0 Å². The highest BCUT2D eigenvalue weighted by Gasteiger charge is 2.22. The third kappa shape index (κ3) is 4.19. The van der Waals surface area contributed by atoms with Gasteiger partial charge >= 0.3 is 0 Å². The second-order valence-corrected chi connectivity index (χ2v) is 6.12. The number of benzene rings is 2. The third-order valence-corrected chi connectivity index (χ3v) is 4.38. The molecular formula is C20H28N2. The van der Waals surface area contributed by atoms with Crippen molar-refractivity contribution in [3.05, 3.63) is 71.8 Å². The Morgan fingerprint density at radius 2 is 1.27 bits per heavy atom. The van der Waals surface area contributed by atoms with Crippen LogP contribution in [0.4, 0.5) is 0 Å². The largest absolute Gasteiger partial charge is 0.305 e. The summed E-state index contributed by atoms with van der Waals surface area (Å²) in [6.45, 7) is 6.63. The molecule has 2 aromatic carbocycles. The molecule has 0 aliphatic heterocycles. The fourth-order valence-electron chi connectivity index (χ4n) is 2.80. The average Bonchev–Trinajstić information content (AvgIpc) is 2.56. The molecule has 0 aliphatic rings. The van der Waals surface area contributed by atoms with Crippen LogP contribution in [0, 0.1) is 0 Å². The maximum atomic E-state index is 2.56. The molecule has 118 valence electrons. The first-order valence-corrected chi connectivity index (χ1v) is 8.13. The van der Waals surface area contributed by atoms with Crippen LogP contribution in [0.15, 0.2) is 60.7 Å². The Labute approximate surface area is 135 Å². The van der Waals surface area contributed by atoms with E-state index in [4.69, 9.17) is 0 Å². The van der Waals surface area contributed by atoms with Crippen molar-refractivity contribution in [3.63, 3.8) is 0 Å². The predicted octanol–water partition coefficient (Wildman–Crippen LogP) is 4.05. The lowest BCUT2D eigenvalue weighted by Crippen LogP contribution is -2.40. The number of hydrogen-bond acceptors (Lipinski definition) is 2. The highest BCUT2D eigenvalue weighted by atomic mass is 15.2. The minimum Gasteiger partial charge on any atom is -0.305 e. The number of rotatable bonds is 7. The van der Waals surface area contributed by atoms with Gasteiger partial charge in [0.15, 0.2) is 0 Å². The minimum atomic E-state index is 0.315. The van der Waals surface area contributed by atoms with E-state index in [0.29, 0.717) is 12.1 Å². The maximum Gasteiger partial charge on any atom is 0.0602 e. The van der Waals surface area contributed by atoms with Gasteiger partial charge in [-0.05, 0) is 38.7 Å². The fraction of sp³-hybridized carbons (Fsp3) is 0.400. The van der Waals surface area contributed by atoms with E-state index in [2.05, 4.69) is 98.4 Å². The molecule has 1 atom stereocenters. The first kappa shape index (κ1) is 16.7. The van der Waals surface area contributed by atoms with Crippen molar-refractivity contribution < 1.29 is 0 Å². The Kier molecular flexibility index (Phi) is 6.17. The van der Waals surface area contributed by atoms with Crippen LogP contribution >= 0.6 is 0 Å². The Bertz CT molecular complexity index is 497. The lowest BCUT2D eigenvalue weighted by Gasteiger charge is -2.35. The van der Waals surface area contributed by atoms with E-state index in [1.54, 1.807) is 0 Å². The molecule has 0 aliphatic carbocycles. The van der Waals surface area contributed by atoms with E-state index in [1.807, 2.05) is 0 Å². The molecule has 2 nitrogen and oxygen atoms in total. The molecule has 0 bridgehead atoms. The molecule has 0 aromatic heterocycles. The molecule has 0 saturated carbocycles. The molecule has 0 N–H and O–H groups in total. The van der Waals surface area contributed by atoms with Gasteiger partial charge in [-0.2, -0.15) is 0 Å². The van der Waals surface area contributed by atoms with E-state index in [0.717, 1.165) is 13.1 Å². The number of hydrogen-bond donors (Lipinski definition) is 0. The molecule has 1 unspecified atom stereocenters. The zero-order chi connectivity index (χ0) is 15.9. The average molecular weight is 296 g/mol. The summed E-state index contributed by atoms with van der Waals surface area (Å²) < 4.78 is 0. The molecular weight excluding hydrogens is 268 g/mol. The van der Waals surface area contributed by atoms with Crippen molar-refractivity contribution in [2.45, 2.75) is 25.9 Å². The van der Waals surface area contributed by atoms with Gasteiger partial charge in [0.25, 0.3) is 0 Å². The number of nitrogens with zero attached hydrogens (tertiary/aromatic N) is 2. The monoisotopic (exact) mass is 296 g/mol. The number of likely N-dealkylation sites (N-methyl/N-ethyl adjacent to an activating group) is 2. The first-order valence-electron chi connectivity index (χ1n) is 8.13. The van der Waals surface area contributed by atoms with E-state index >= 15 is 0 Å². The minimum absolute atomic E-state index is 0.315. The fourth-order valence-corrected chi connectivity index (χ4v) is 2.80. The molecule has 0 amide bonds. The molecule has 2 aromatic rings. The van der Waals surface area contributed by atoms with E-state index in [9.17, 15) is 0 Å². The van der Waals surface area contributed by atoms with Crippen LogP contribution < -0.4 is 0 Å². The van der Waals surface area contributed by atoms with Crippen LogP contribution in [0.5, 0.6) is 0 Å². The summed E-state index contributed by atoms with van der Waals surface area (Å²) >= 11 is 0. The van der Waals surface area contributed by atoms with Crippen LogP contribution in [-0.2, 0) is 0 Å². The molecule has 0 spiro atoms. The van der Waals surface area contributed by atoms with Crippen molar-refractivity contribution in [2.24, 2.45) is 0 Å². The van der Waals surface area contributed by atoms with E-state index in [-0.39, 0.29) is 0 Å². The van der Waals surface area contributed by atoms with E-state index < -0.39 is 0 Å². The van der Waals surface area contributed by atoms with Crippen LogP contribution in [0.3, 0.4) is 0 Å². The Morgan fingerprint density at radius 1 is 0.818 bits per heavy atom. The highest BCUT2D eigenvalue weighted by Crippen LogP contribution is 2.28. The summed E-state index contributed by atoms with van der Waals surface area (Å²) in [4.78, 5) is 4.85. The summed E-state index contributed by atoms with van der Waals surface area (Å²) in [5, 5.41) is 0. The first-order chi connectivity index (χ1) is 10.6. The van der Waals surface area contributed by atoms with Gasteiger partial charge in [0.05, 0.1) is 6.04 Å². The van der Waals surface area contributed by atoms with Crippen molar-refractivity contribution in [1.29, 1.82) is 0 Å². The van der Waals surface area contributed by atoms with Gasteiger partial charge in [0.1, 0.15) is 0 Å². The Balaban J connectivity index is 2.35. The van der Waals surface area contributed by atoms with E-state index in [1.165, 1.54) is 11.1 Å². The summed E-state index contributed by atoms with van der Waals surface area (Å²) in [6.07, 6.45) is 0. The van der Waals surface area contributed by atoms with Crippen molar-refractivity contribution in [3.8, 4) is 0 Å². The smallest absolute Gasteiger partial charge is 0.0602 e. The quantitative estimate of drug-likeness (QED) is 0.760. The van der Waals surface area contributed by atoms with Gasteiger partial charge in [-0.15, -0.1) is 0 Å². The summed E-state index contributed by atoms with van der Waals surface area (Å²) in [6, 6.07) is 22.5. The third-order valence-electron chi connectivity index (χ3n) is 4.38. The van der Waals surface area contributed by atoms with Gasteiger partial charge in [-0.3, -0.25) is 4.90 Å². The zero-order valence-corrected chi connectivity index (χ0v) is 14.2. The van der Waals surface area contributed by atoms with Crippen molar-refractivity contribution >= 4 is 0 Å². The van der Waals surface area contributed by atoms with Crippen LogP contribution in [0.1, 0.15) is 31.0 Å². The lowest BCUT2D eigenvalue weighted by atomic mass is 9.96.